The molecule has 0 atom stereocenters. The summed E-state index contributed by atoms with van der Waals surface area (Å²) in [5.41, 5.74) is 0. The minimum atomic E-state index is 0. The van der Waals surface area contributed by atoms with Gasteiger partial charge < -0.3 is 0 Å². The predicted molar refractivity (Wildman–Crippen MR) is 11.2 cm³/mol. The van der Waals surface area contributed by atoms with Crippen molar-refractivity contribution in [2.24, 2.45) is 0 Å². The van der Waals surface area contributed by atoms with E-state index < -0.39 is 0 Å². The largest absolute Gasteiger partial charge is 0 e. The molecule has 0 aromatic heterocycles. The van der Waals surface area contributed by atoms with E-state index in [1.54, 1.807) is 0 Å². The van der Waals surface area contributed by atoms with E-state index in [1.165, 1.54) is 0 Å². The smallest absolute Gasteiger partial charge is 0 e. The molecule has 0 spiro atoms. The summed E-state index contributed by atoms with van der Waals surface area (Å²) in [6, 6.07) is 0. The van der Waals surface area contributed by atoms with E-state index in [1.807, 2.05) is 0 Å². The normalized spacial score (nSPS) is 1.50. The van der Waals surface area contributed by atoms with E-state index in [9.17, 15) is 0 Å². The van der Waals surface area contributed by atoms with Gasteiger partial charge in [0.25, 0.3) is 0 Å². The van der Waals surface area contributed by atoms with Gasteiger partial charge in [0.15, 0.2) is 0 Å². The van der Waals surface area contributed by atoms with E-state index in [2.05, 4.69) is 0 Å². The molecule has 0 aliphatic rings. The van der Waals surface area contributed by atoms with E-state index in [4.69, 9.17) is 24.4 Å². The average molecular weight is 323 g/mol. The third-order valence-corrected chi connectivity index (χ3v) is 0. The Morgan fingerprint density at radius 1 is 0.600 bits per heavy atom. The van der Waals surface area contributed by atoms with Crippen LogP contribution in [0.3, 0.4) is 0 Å². The standard InChI is InChI=1S/2H2O2.O.5Ti/c2*1-2;;;;;;/h2*1-2H;;;;;;. The molecule has 0 rings (SSSR count). The van der Waals surface area contributed by atoms with Crippen LogP contribution in [0.15, 0.2) is 0 Å². The zero-order valence-electron chi connectivity index (χ0n) is 4.70. The van der Waals surface area contributed by atoms with Crippen LogP contribution in [0.2, 0.25) is 0 Å². The molecule has 54 valence electrons. The van der Waals surface area contributed by atoms with Crippen LogP contribution in [0, 0.1) is 0 Å². The van der Waals surface area contributed by atoms with Crippen LogP contribution in [0.4, 0.5) is 0 Å². The summed E-state index contributed by atoms with van der Waals surface area (Å²) in [5.74, 6) is 0. The molecule has 0 unspecified atom stereocenters. The fourth-order valence-corrected chi connectivity index (χ4v) is 0. The van der Waals surface area contributed by atoms with Gasteiger partial charge in [-0.25, -0.2) is 0 Å². The summed E-state index contributed by atoms with van der Waals surface area (Å²) < 4.78 is 8.25. The molecule has 0 aliphatic carbocycles. The molecule has 0 fully saturated rings. The first kappa shape index (κ1) is 51.1. The Bertz CT molecular complexity index is 10.0. The molecular formula is H4O5Ti5. The molecule has 0 radical (unpaired) electrons. The molecular weight excluding hydrogens is 319 g/mol. The van der Waals surface area contributed by atoms with Gasteiger partial charge in [0.2, 0.25) is 0 Å². The predicted octanol–water partition coefficient (Wildman–Crippen LogP) is -0.0965. The maximum Gasteiger partial charge on any atom is 0 e. The molecule has 5 nitrogen and oxygen atoms in total. The molecule has 10 heavy (non-hydrogen) atoms. The number of hydrogen-bond donors (Lipinski definition) is 4. The van der Waals surface area contributed by atoms with Crippen molar-refractivity contribution in [1.29, 1.82) is 0 Å². The van der Waals surface area contributed by atoms with Gasteiger partial charge in [0, 0.05) is 86.9 Å². The Morgan fingerprint density at radius 2 is 0.600 bits per heavy atom. The molecule has 0 bridgehead atoms. The van der Waals surface area contributed by atoms with Crippen molar-refractivity contribution in [1.82, 2.24) is 0 Å². The van der Waals surface area contributed by atoms with Crippen LogP contribution in [-0.2, 0) is 111 Å². The zero-order valence-corrected chi connectivity index (χ0v) is 12.5. The maximum atomic E-state index is 8.25. The second kappa shape index (κ2) is 149. The van der Waals surface area contributed by atoms with Crippen LogP contribution in [0.25, 0.3) is 0 Å². The van der Waals surface area contributed by atoms with Gasteiger partial charge >= 0.3 is 23.7 Å². The summed E-state index contributed by atoms with van der Waals surface area (Å²) in [5, 5.41) is 24.0. The molecule has 0 heterocycles. The van der Waals surface area contributed by atoms with Gasteiger partial charge in [0.1, 0.15) is 0 Å². The average Bonchev–Trinajstić information content (AvgIpc) is 1.81. The minimum Gasteiger partial charge on any atom is 0 e. The van der Waals surface area contributed by atoms with Crippen LogP contribution in [-0.4, -0.2) is 21.0 Å². The topological polar surface area (TPSA) is 98.0 Å². The third-order valence-electron chi connectivity index (χ3n) is 0. The fourth-order valence-electron chi connectivity index (χ4n) is 0. The van der Waals surface area contributed by atoms with Crippen LogP contribution >= 0.6 is 0 Å². The van der Waals surface area contributed by atoms with Crippen molar-refractivity contribution in [3.05, 3.63) is 0 Å². The minimum absolute atomic E-state index is 0. The number of rotatable bonds is 0. The molecule has 0 aromatic carbocycles. The van der Waals surface area contributed by atoms with Gasteiger partial charge in [-0.2, -0.15) is 0 Å². The second-order valence-electron chi connectivity index (χ2n) is 0. The van der Waals surface area contributed by atoms with Crippen molar-refractivity contribution in [2.45, 2.75) is 0 Å². The van der Waals surface area contributed by atoms with E-state index >= 15 is 0 Å². The molecule has 4 N–H and O–H groups in total. The van der Waals surface area contributed by atoms with Crippen LogP contribution in [0.1, 0.15) is 0 Å². The maximum absolute atomic E-state index is 8.25. The molecule has 0 aliphatic heterocycles. The summed E-state index contributed by atoms with van der Waals surface area (Å²) in [7, 11) is 0. The van der Waals surface area contributed by atoms with Gasteiger partial charge in [-0.3, -0.25) is 21.0 Å². The summed E-state index contributed by atoms with van der Waals surface area (Å²) >= 11 is 0.750. The summed E-state index contributed by atoms with van der Waals surface area (Å²) in [6.45, 7) is 0. The van der Waals surface area contributed by atoms with Crippen molar-refractivity contribution < 1.29 is 132 Å². The van der Waals surface area contributed by atoms with Gasteiger partial charge in [0.05, 0.1) is 0 Å². The summed E-state index contributed by atoms with van der Waals surface area (Å²) in [4.78, 5) is 0. The number of hydrogen-bond acceptors (Lipinski definition) is 5. The van der Waals surface area contributed by atoms with E-state index in [0.29, 0.717) is 0 Å². The molecule has 0 saturated carbocycles. The van der Waals surface area contributed by atoms with Crippen molar-refractivity contribution in [2.75, 3.05) is 0 Å². The molecule has 10 heteroatoms. The Hall–Kier alpha value is 3.21. The zero-order chi connectivity index (χ0) is 6.00. The Balaban J connectivity index is -0.00000000225. The summed E-state index contributed by atoms with van der Waals surface area (Å²) in [6.07, 6.45) is 0. The quantitative estimate of drug-likeness (QED) is 0.284. The SMILES string of the molecule is OO.OO.[O]=[Ti].[Ti].[Ti].[Ti].[Ti]. The first-order valence-electron chi connectivity index (χ1n) is 0.604. The fraction of sp³-hybridized carbons (Fsp3) is 0. The van der Waals surface area contributed by atoms with E-state index in [0.717, 1.165) is 20.4 Å². The van der Waals surface area contributed by atoms with Gasteiger partial charge in [-0.15, -0.1) is 0 Å². The van der Waals surface area contributed by atoms with Crippen molar-refractivity contribution in [3.63, 3.8) is 0 Å². The molecule has 0 amide bonds. The van der Waals surface area contributed by atoms with Crippen LogP contribution in [0.5, 0.6) is 0 Å². The molecule has 0 aromatic rings. The first-order valence-corrected chi connectivity index (χ1v) is 1.24. The van der Waals surface area contributed by atoms with Gasteiger partial charge in [-0.05, 0) is 0 Å². The Morgan fingerprint density at radius 3 is 0.600 bits per heavy atom. The van der Waals surface area contributed by atoms with Crippen LogP contribution < -0.4 is 0 Å². The van der Waals surface area contributed by atoms with Gasteiger partial charge in [-0.1, -0.05) is 0 Å². The monoisotopic (exact) mass is 324 g/mol. The van der Waals surface area contributed by atoms with Crippen molar-refractivity contribution >= 4 is 0 Å². The Kier molecular flexibility index (Phi) is 760. The molecule has 0 saturated heterocycles. The van der Waals surface area contributed by atoms with Crippen molar-refractivity contribution in [3.8, 4) is 0 Å². The Labute approximate surface area is 129 Å². The first-order chi connectivity index (χ1) is 3.00. The second-order valence-corrected chi connectivity index (χ2v) is 0. The van der Waals surface area contributed by atoms with E-state index in [-0.39, 0.29) is 86.9 Å². The third kappa shape index (κ3) is 113.